The number of hydrogen-bond donors (Lipinski definition) is 3. The number of anilines is 1. The molecule has 100 valence electrons. The molecule has 7 heteroatoms. The summed E-state index contributed by atoms with van der Waals surface area (Å²) in [7, 11) is -3.85. The van der Waals surface area contributed by atoms with Gasteiger partial charge in [-0.25, -0.2) is 17.9 Å². The van der Waals surface area contributed by atoms with Crippen molar-refractivity contribution < 1.29 is 13.2 Å². The van der Waals surface area contributed by atoms with Crippen molar-refractivity contribution in [3.05, 3.63) is 24.3 Å². The zero-order chi connectivity index (χ0) is 13.6. The fourth-order valence-electron chi connectivity index (χ4n) is 1.35. The van der Waals surface area contributed by atoms with Gasteiger partial charge in [0.2, 0.25) is 0 Å². The molecule has 0 aliphatic carbocycles. The van der Waals surface area contributed by atoms with Crippen LogP contribution in [-0.4, -0.2) is 21.0 Å². The molecule has 0 unspecified atom stereocenters. The molecule has 1 aromatic carbocycles. The molecule has 0 fully saturated rings. The van der Waals surface area contributed by atoms with Gasteiger partial charge in [0.1, 0.15) is 0 Å². The van der Waals surface area contributed by atoms with Crippen molar-refractivity contribution >= 4 is 21.7 Å². The fraction of sp³-hybridized carbons (Fsp3) is 0.364. The highest BCUT2D eigenvalue weighted by Gasteiger charge is 2.15. The summed E-state index contributed by atoms with van der Waals surface area (Å²) in [5.74, 6) is 0. The van der Waals surface area contributed by atoms with Gasteiger partial charge in [0.15, 0.2) is 0 Å². The lowest BCUT2D eigenvalue weighted by Gasteiger charge is -2.07. The molecule has 0 aliphatic heterocycles. The SMILES string of the molecule is CCCCNc1ccc(S(=O)(=O)NC(N)=O)cc1. The number of carbonyl (C=O) groups is 1. The van der Waals surface area contributed by atoms with Gasteiger partial charge in [-0.15, -0.1) is 0 Å². The molecular weight excluding hydrogens is 254 g/mol. The lowest BCUT2D eigenvalue weighted by Crippen LogP contribution is -2.34. The van der Waals surface area contributed by atoms with Gasteiger partial charge >= 0.3 is 6.03 Å². The number of benzene rings is 1. The predicted octanol–water partition coefficient (Wildman–Crippen LogP) is 1.26. The summed E-state index contributed by atoms with van der Waals surface area (Å²) >= 11 is 0. The third-order valence-corrected chi connectivity index (χ3v) is 3.62. The number of urea groups is 1. The summed E-state index contributed by atoms with van der Waals surface area (Å²) in [6.45, 7) is 2.93. The van der Waals surface area contributed by atoms with E-state index in [1.807, 2.05) is 0 Å². The Balaban J connectivity index is 2.73. The van der Waals surface area contributed by atoms with Crippen LogP contribution in [0.2, 0.25) is 0 Å². The molecule has 2 amide bonds. The van der Waals surface area contributed by atoms with Crippen molar-refractivity contribution in [1.82, 2.24) is 4.72 Å². The van der Waals surface area contributed by atoms with Crippen LogP contribution in [0.1, 0.15) is 19.8 Å². The second-order valence-corrected chi connectivity index (χ2v) is 5.46. The molecule has 1 aromatic rings. The Kier molecular flexibility index (Phi) is 4.96. The van der Waals surface area contributed by atoms with E-state index in [9.17, 15) is 13.2 Å². The Bertz CT molecular complexity index is 497. The molecule has 0 heterocycles. The number of amides is 2. The number of primary amides is 1. The number of nitrogens with one attached hydrogen (secondary N) is 2. The average molecular weight is 271 g/mol. The van der Waals surface area contributed by atoms with Crippen LogP contribution in [0, 0.1) is 0 Å². The highest BCUT2D eigenvalue weighted by Crippen LogP contribution is 2.13. The maximum absolute atomic E-state index is 11.6. The van der Waals surface area contributed by atoms with Crippen molar-refractivity contribution in [3.63, 3.8) is 0 Å². The molecule has 6 nitrogen and oxygen atoms in total. The quantitative estimate of drug-likeness (QED) is 0.678. The number of rotatable bonds is 6. The van der Waals surface area contributed by atoms with E-state index in [0.717, 1.165) is 25.1 Å². The molecule has 0 atom stereocenters. The normalized spacial score (nSPS) is 10.9. The summed E-state index contributed by atoms with van der Waals surface area (Å²) in [5.41, 5.74) is 5.62. The smallest absolute Gasteiger partial charge is 0.326 e. The van der Waals surface area contributed by atoms with Gasteiger partial charge in [0, 0.05) is 12.2 Å². The van der Waals surface area contributed by atoms with Gasteiger partial charge in [-0.3, -0.25) is 0 Å². The third kappa shape index (κ3) is 4.25. The highest BCUT2D eigenvalue weighted by atomic mass is 32.2. The second-order valence-electron chi connectivity index (χ2n) is 3.77. The number of nitrogens with two attached hydrogens (primary N) is 1. The molecule has 0 saturated carbocycles. The van der Waals surface area contributed by atoms with E-state index in [0.29, 0.717) is 0 Å². The summed E-state index contributed by atoms with van der Waals surface area (Å²) in [6.07, 6.45) is 2.13. The molecule has 0 aromatic heterocycles. The molecule has 0 radical (unpaired) electrons. The highest BCUT2D eigenvalue weighted by molar-refractivity contribution is 7.90. The summed E-state index contributed by atoms with van der Waals surface area (Å²) in [5, 5.41) is 3.16. The Morgan fingerprint density at radius 1 is 1.28 bits per heavy atom. The molecule has 18 heavy (non-hydrogen) atoms. The standard InChI is InChI=1S/C11H17N3O3S/c1-2-3-8-13-9-4-6-10(7-5-9)18(16,17)14-11(12)15/h4-7,13H,2-3,8H2,1H3,(H3,12,14,15). The van der Waals surface area contributed by atoms with E-state index in [1.54, 1.807) is 16.9 Å². The zero-order valence-corrected chi connectivity index (χ0v) is 11.0. The molecule has 0 spiro atoms. The minimum Gasteiger partial charge on any atom is -0.385 e. The largest absolute Gasteiger partial charge is 0.385 e. The monoisotopic (exact) mass is 271 g/mol. The van der Waals surface area contributed by atoms with Crippen LogP contribution in [0.25, 0.3) is 0 Å². The summed E-state index contributed by atoms with van der Waals surface area (Å²) < 4.78 is 24.9. The van der Waals surface area contributed by atoms with Gasteiger partial charge in [0.05, 0.1) is 4.90 Å². The van der Waals surface area contributed by atoms with Crippen LogP contribution in [0.5, 0.6) is 0 Å². The molecular formula is C11H17N3O3S. The van der Waals surface area contributed by atoms with E-state index in [2.05, 4.69) is 12.2 Å². The van der Waals surface area contributed by atoms with E-state index < -0.39 is 16.1 Å². The number of carbonyl (C=O) groups excluding carboxylic acids is 1. The molecule has 0 saturated heterocycles. The van der Waals surface area contributed by atoms with E-state index in [-0.39, 0.29) is 4.90 Å². The zero-order valence-electron chi connectivity index (χ0n) is 10.1. The average Bonchev–Trinajstić information content (AvgIpc) is 2.28. The van der Waals surface area contributed by atoms with Crippen LogP contribution in [-0.2, 0) is 10.0 Å². The van der Waals surface area contributed by atoms with Gasteiger partial charge < -0.3 is 11.1 Å². The first-order valence-electron chi connectivity index (χ1n) is 5.62. The van der Waals surface area contributed by atoms with Crippen molar-refractivity contribution in [2.75, 3.05) is 11.9 Å². The van der Waals surface area contributed by atoms with Crippen molar-refractivity contribution in [3.8, 4) is 0 Å². The maximum Gasteiger partial charge on any atom is 0.326 e. The summed E-state index contributed by atoms with van der Waals surface area (Å²) in [4.78, 5) is 10.6. The fourth-order valence-corrected chi connectivity index (χ4v) is 2.23. The first kappa shape index (κ1) is 14.3. The van der Waals surface area contributed by atoms with Gasteiger partial charge in [-0.05, 0) is 30.7 Å². The number of sulfonamides is 1. The van der Waals surface area contributed by atoms with Crippen molar-refractivity contribution in [2.45, 2.75) is 24.7 Å². The lowest BCUT2D eigenvalue weighted by atomic mass is 10.3. The Labute approximate surface area is 107 Å². The Hall–Kier alpha value is -1.76. The number of unbranched alkanes of at least 4 members (excludes halogenated alkanes) is 1. The van der Waals surface area contributed by atoms with E-state index in [1.165, 1.54) is 12.1 Å². The van der Waals surface area contributed by atoms with Crippen molar-refractivity contribution in [2.24, 2.45) is 5.73 Å². The van der Waals surface area contributed by atoms with E-state index >= 15 is 0 Å². The lowest BCUT2D eigenvalue weighted by molar-refractivity contribution is 0.253. The van der Waals surface area contributed by atoms with Gasteiger partial charge in [-0.1, -0.05) is 13.3 Å². The Morgan fingerprint density at radius 2 is 1.89 bits per heavy atom. The van der Waals surface area contributed by atoms with Crippen molar-refractivity contribution in [1.29, 1.82) is 0 Å². The van der Waals surface area contributed by atoms with Crippen LogP contribution in [0.15, 0.2) is 29.2 Å². The molecule has 0 aliphatic rings. The maximum atomic E-state index is 11.6. The minimum absolute atomic E-state index is 0.00217. The van der Waals surface area contributed by atoms with E-state index in [4.69, 9.17) is 5.73 Å². The molecule has 0 bridgehead atoms. The van der Waals surface area contributed by atoms with Crippen LogP contribution in [0.3, 0.4) is 0 Å². The molecule has 1 rings (SSSR count). The third-order valence-electron chi connectivity index (χ3n) is 2.26. The number of hydrogen-bond acceptors (Lipinski definition) is 4. The summed E-state index contributed by atoms with van der Waals surface area (Å²) in [6, 6.07) is 5.02. The molecule has 4 N–H and O–H groups in total. The first-order chi connectivity index (χ1) is 8.45. The Morgan fingerprint density at radius 3 is 2.39 bits per heavy atom. The van der Waals surface area contributed by atoms with Crippen LogP contribution < -0.4 is 15.8 Å². The minimum atomic E-state index is -3.85. The van der Waals surface area contributed by atoms with Crippen LogP contribution >= 0.6 is 0 Å². The topological polar surface area (TPSA) is 101 Å². The van der Waals surface area contributed by atoms with Gasteiger partial charge in [0.25, 0.3) is 10.0 Å². The first-order valence-corrected chi connectivity index (χ1v) is 7.10. The predicted molar refractivity (Wildman–Crippen MR) is 69.7 cm³/mol. The second kappa shape index (κ2) is 6.25. The van der Waals surface area contributed by atoms with Gasteiger partial charge in [-0.2, -0.15) is 0 Å². The van der Waals surface area contributed by atoms with Crippen LogP contribution in [0.4, 0.5) is 10.5 Å².